The van der Waals surface area contributed by atoms with E-state index in [9.17, 15) is 4.79 Å². The second-order valence-corrected chi connectivity index (χ2v) is 7.93. The zero-order valence-electron chi connectivity index (χ0n) is 13.5. The second-order valence-electron chi connectivity index (χ2n) is 7.49. The molecule has 1 amide bonds. The molecule has 23 heavy (non-hydrogen) atoms. The van der Waals surface area contributed by atoms with Crippen LogP contribution in [0.3, 0.4) is 0 Å². The number of amides is 1. The molecule has 0 spiro atoms. The van der Waals surface area contributed by atoms with Crippen molar-refractivity contribution in [1.29, 1.82) is 0 Å². The minimum atomic E-state index is 0.244. The van der Waals surface area contributed by atoms with Gasteiger partial charge in [-0.2, -0.15) is 0 Å². The molecule has 0 N–H and O–H groups in total. The summed E-state index contributed by atoms with van der Waals surface area (Å²) in [5.74, 6) is 2.56. The average molecular weight is 330 g/mol. The Morgan fingerprint density at radius 2 is 1.91 bits per heavy atom. The molecule has 122 valence electrons. The van der Waals surface area contributed by atoms with E-state index in [1.807, 2.05) is 12.1 Å². The number of halogens is 1. The maximum Gasteiger partial charge on any atom is 0.226 e. The molecular weight excluding hydrogens is 306 g/mol. The molecule has 2 fully saturated rings. The fourth-order valence-electron chi connectivity index (χ4n) is 4.12. The van der Waals surface area contributed by atoms with Crippen LogP contribution in [0.2, 0.25) is 5.02 Å². The van der Waals surface area contributed by atoms with Crippen molar-refractivity contribution in [3.05, 3.63) is 47.0 Å². The average Bonchev–Trinajstić information content (AvgIpc) is 3.13. The van der Waals surface area contributed by atoms with Crippen LogP contribution in [0.5, 0.6) is 0 Å². The largest absolute Gasteiger partial charge is 0.342 e. The number of benzene rings is 1. The van der Waals surface area contributed by atoms with Crippen LogP contribution in [-0.2, 0) is 11.2 Å². The third-order valence-corrected chi connectivity index (χ3v) is 5.92. The van der Waals surface area contributed by atoms with Crippen LogP contribution in [-0.4, -0.2) is 23.9 Å². The number of nitrogens with zero attached hydrogens (tertiary/aromatic N) is 1. The summed E-state index contributed by atoms with van der Waals surface area (Å²) >= 11 is 5.95. The summed E-state index contributed by atoms with van der Waals surface area (Å²) in [6.45, 7) is 1.80. The summed E-state index contributed by atoms with van der Waals surface area (Å²) in [6, 6.07) is 8.01. The minimum absolute atomic E-state index is 0.244. The zero-order valence-corrected chi connectivity index (χ0v) is 14.2. The minimum Gasteiger partial charge on any atom is -0.342 e. The fourth-order valence-corrected chi connectivity index (χ4v) is 4.24. The highest BCUT2D eigenvalue weighted by Gasteiger charge is 2.42. The Kier molecular flexibility index (Phi) is 4.19. The molecule has 0 heterocycles. The number of carbonyl (C=O) groups is 1. The van der Waals surface area contributed by atoms with Crippen LogP contribution >= 0.6 is 11.6 Å². The molecule has 1 aromatic rings. The third-order valence-electron chi connectivity index (χ3n) is 5.67. The summed E-state index contributed by atoms with van der Waals surface area (Å²) in [4.78, 5) is 15.2. The molecule has 3 atom stereocenters. The first-order chi connectivity index (χ1) is 11.2. The smallest absolute Gasteiger partial charge is 0.226 e. The number of hydrogen-bond acceptors (Lipinski definition) is 1. The number of fused-ring (bicyclic) bond motifs is 2. The van der Waals surface area contributed by atoms with Crippen molar-refractivity contribution >= 4 is 17.5 Å². The summed E-state index contributed by atoms with van der Waals surface area (Å²) in [7, 11) is 0. The molecule has 0 radical (unpaired) electrons. The number of carbonyl (C=O) groups excluding carboxylic acids is 1. The van der Waals surface area contributed by atoms with E-state index in [1.54, 1.807) is 0 Å². The van der Waals surface area contributed by atoms with Gasteiger partial charge in [-0.1, -0.05) is 35.9 Å². The monoisotopic (exact) mass is 329 g/mol. The van der Waals surface area contributed by atoms with Gasteiger partial charge in [0.1, 0.15) is 0 Å². The first kappa shape index (κ1) is 15.3. The van der Waals surface area contributed by atoms with E-state index in [0.717, 1.165) is 36.9 Å². The Morgan fingerprint density at radius 1 is 1.13 bits per heavy atom. The summed E-state index contributed by atoms with van der Waals surface area (Å²) in [5, 5.41) is 0.772. The van der Waals surface area contributed by atoms with Gasteiger partial charge in [0, 0.05) is 24.0 Å². The molecule has 0 saturated heterocycles. The third kappa shape index (κ3) is 3.47. The zero-order chi connectivity index (χ0) is 15.8. The van der Waals surface area contributed by atoms with Crippen LogP contribution in [0.1, 0.15) is 31.2 Å². The predicted octanol–water partition coefficient (Wildman–Crippen LogP) is 4.33. The van der Waals surface area contributed by atoms with Crippen molar-refractivity contribution in [2.45, 2.75) is 32.1 Å². The Hall–Kier alpha value is -1.28. The van der Waals surface area contributed by atoms with E-state index in [-0.39, 0.29) is 5.92 Å². The lowest BCUT2D eigenvalue weighted by atomic mass is 9.92. The SMILES string of the molecule is O=C(C1CC2C=CC1C2)N(CCc1ccc(Cl)cc1)CC1CC1. The quantitative estimate of drug-likeness (QED) is 0.711. The highest BCUT2D eigenvalue weighted by atomic mass is 35.5. The molecule has 3 aliphatic carbocycles. The Balaban J connectivity index is 1.40. The van der Waals surface area contributed by atoms with Crippen LogP contribution in [0.4, 0.5) is 0 Å². The van der Waals surface area contributed by atoms with Gasteiger partial charge in [-0.3, -0.25) is 4.79 Å². The van der Waals surface area contributed by atoms with Gasteiger partial charge in [0.25, 0.3) is 0 Å². The number of allylic oxidation sites excluding steroid dienone is 2. The van der Waals surface area contributed by atoms with Gasteiger partial charge in [0.05, 0.1) is 0 Å². The summed E-state index contributed by atoms with van der Waals surface area (Å²) in [5.41, 5.74) is 1.26. The standard InChI is InChI=1S/C20H24ClNO/c21-18-7-4-14(5-8-18)9-10-22(13-15-1-2-15)20(23)19-12-16-3-6-17(19)11-16/h3-8,15-17,19H,1-2,9-13H2. The van der Waals surface area contributed by atoms with E-state index in [4.69, 9.17) is 11.6 Å². The molecular formula is C20H24ClNO. The van der Waals surface area contributed by atoms with E-state index < -0.39 is 0 Å². The molecule has 0 aliphatic heterocycles. The van der Waals surface area contributed by atoms with Crippen molar-refractivity contribution in [2.24, 2.45) is 23.7 Å². The lowest BCUT2D eigenvalue weighted by Gasteiger charge is -2.28. The highest BCUT2D eigenvalue weighted by Crippen LogP contribution is 2.44. The van der Waals surface area contributed by atoms with Crippen LogP contribution < -0.4 is 0 Å². The second kappa shape index (κ2) is 6.32. The van der Waals surface area contributed by atoms with E-state index in [2.05, 4.69) is 29.2 Å². The maximum atomic E-state index is 13.0. The molecule has 3 aliphatic rings. The van der Waals surface area contributed by atoms with Crippen molar-refractivity contribution in [3.63, 3.8) is 0 Å². The van der Waals surface area contributed by atoms with Crippen LogP contribution in [0.25, 0.3) is 0 Å². The molecule has 0 aromatic heterocycles. The normalized spacial score (nSPS) is 28.3. The van der Waals surface area contributed by atoms with Crippen molar-refractivity contribution in [1.82, 2.24) is 4.90 Å². The summed E-state index contributed by atoms with van der Waals surface area (Å²) < 4.78 is 0. The molecule has 2 saturated carbocycles. The lowest BCUT2D eigenvalue weighted by Crippen LogP contribution is -2.40. The lowest BCUT2D eigenvalue weighted by molar-refractivity contribution is -0.136. The molecule has 3 heteroatoms. The van der Waals surface area contributed by atoms with Crippen molar-refractivity contribution in [2.75, 3.05) is 13.1 Å². The van der Waals surface area contributed by atoms with Gasteiger partial charge in [-0.05, 0) is 67.6 Å². The fraction of sp³-hybridized carbons (Fsp3) is 0.550. The Bertz CT molecular complexity index is 605. The first-order valence-electron chi connectivity index (χ1n) is 8.90. The van der Waals surface area contributed by atoms with Gasteiger partial charge in [-0.25, -0.2) is 0 Å². The van der Waals surface area contributed by atoms with Crippen molar-refractivity contribution in [3.8, 4) is 0 Å². The van der Waals surface area contributed by atoms with Gasteiger partial charge in [0.2, 0.25) is 5.91 Å². The van der Waals surface area contributed by atoms with E-state index in [1.165, 1.54) is 24.8 Å². The molecule has 3 unspecified atom stereocenters. The van der Waals surface area contributed by atoms with Gasteiger partial charge in [-0.15, -0.1) is 0 Å². The maximum absolute atomic E-state index is 13.0. The van der Waals surface area contributed by atoms with Crippen LogP contribution in [0, 0.1) is 23.7 Å². The molecule has 4 rings (SSSR count). The van der Waals surface area contributed by atoms with E-state index in [0.29, 0.717) is 17.7 Å². The number of rotatable bonds is 6. The molecule has 2 bridgehead atoms. The Morgan fingerprint density at radius 3 is 2.52 bits per heavy atom. The Labute approximate surface area is 143 Å². The molecule has 2 nitrogen and oxygen atoms in total. The van der Waals surface area contributed by atoms with Gasteiger partial charge in [0.15, 0.2) is 0 Å². The predicted molar refractivity (Wildman–Crippen MR) is 93.3 cm³/mol. The molecule has 1 aromatic carbocycles. The van der Waals surface area contributed by atoms with E-state index >= 15 is 0 Å². The van der Waals surface area contributed by atoms with Crippen LogP contribution in [0.15, 0.2) is 36.4 Å². The van der Waals surface area contributed by atoms with Gasteiger partial charge >= 0.3 is 0 Å². The highest BCUT2D eigenvalue weighted by molar-refractivity contribution is 6.30. The topological polar surface area (TPSA) is 20.3 Å². The first-order valence-corrected chi connectivity index (χ1v) is 9.28. The number of hydrogen-bond donors (Lipinski definition) is 0. The van der Waals surface area contributed by atoms with Crippen molar-refractivity contribution < 1.29 is 4.79 Å². The summed E-state index contributed by atoms with van der Waals surface area (Å²) in [6.07, 6.45) is 10.4. The van der Waals surface area contributed by atoms with Gasteiger partial charge < -0.3 is 4.90 Å².